The molecule has 1 saturated carbocycles. The molecule has 2 aromatic carbocycles. The van der Waals surface area contributed by atoms with E-state index in [1.807, 2.05) is 51.1 Å². The zero-order valence-corrected chi connectivity index (χ0v) is 26.1. The Morgan fingerprint density at radius 1 is 1.09 bits per heavy atom. The molecule has 0 aromatic heterocycles. The van der Waals surface area contributed by atoms with E-state index in [9.17, 15) is 18.3 Å². The number of nitrogens with zero attached hydrogens (tertiary/aromatic N) is 1. The highest BCUT2D eigenvalue weighted by atomic mass is 32.2. The summed E-state index contributed by atoms with van der Waals surface area (Å²) in [7, 11) is -2.43. The number of methoxy groups -OCH3 is 1. The molecule has 0 spiro atoms. The fraction of sp³-hybridized carbons (Fsp3) is 0.594. The van der Waals surface area contributed by atoms with Crippen molar-refractivity contribution in [2.75, 3.05) is 26.8 Å². The van der Waals surface area contributed by atoms with Crippen LogP contribution in [-0.2, 0) is 30.7 Å². The van der Waals surface area contributed by atoms with Gasteiger partial charge in [-0.2, -0.15) is 4.31 Å². The van der Waals surface area contributed by atoms with Crippen LogP contribution in [0.15, 0.2) is 59.5 Å². The van der Waals surface area contributed by atoms with E-state index < -0.39 is 28.3 Å². The lowest BCUT2D eigenvalue weighted by Gasteiger charge is -2.36. The molecule has 0 bridgehead atoms. The topological polar surface area (TPSA) is 124 Å². The van der Waals surface area contributed by atoms with Crippen molar-refractivity contribution in [2.45, 2.75) is 75.6 Å². The number of carbonyl (C=O) groups excluding carboxylic acids is 1. The van der Waals surface area contributed by atoms with Crippen LogP contribution in [0.2, 0.25) is 0 Å². The lowest BCUT2D eigenvalue weighted by Crippen LogP contribution is -2.52. The third kappa shape index (κ3) is 7.34. The largest absolute Gasteiger partial charge is 0.497 e. The third-order valence-electron chi connectivity index (χ3n) is 8.79. The van der Waals surface area contributed by atoms with Crippen LogP contribution >= 0.6 is 0 Å². The minimum atomic E-state index is -3.94. The Morgan fingerprint density at radius 3 is 2.49 bits per heavy atom. The molecule has 2 N–H and O–H groups in total. The number of ether oxygens (including phenoxy) is 4. The van der Waals surface area contributed by atoms with E-state index in [-0.39, 0.29) is 54.2 Å². The molecular formula is C32H44N2O8S. The molecule has 5 rings (SSSR count). The van der Waals surface area contributed by atoms with Crippen LogP contribution in [0.3, 0.4) is 0 Å². The van der Waals surface area contributed by atoms with Gasteiger partial charge < -0.3 is 29.4 Å². The zero-order chi connectivity index (χ0) is 30.7. The molecule has 43 heavy (non-hydrogen) atoms. The van der Waals surface area contributed by atoms with Gasteiger partial charge in [0.2, 0.25) is 10.0 Å². The van der Waals surface area contributed by atoms with Gasteiger partial charge >= 0.3 is 6.09 Å². The molecule has 10 nitrogen and oxygen atoms in total. The van der Waals surface area contributed by atoms with Gasteiger partial charge in [0, 0.05) is 24.9 Å². The van der Waals surface area contributed by atoms with Gasteiger partial charge in [0.1, 0.15) is 11.9 Å². The first-order valence-electron chi connectivity index (χ1n) is 15.2. The van der Waals surface area contributed by atoms with Gasteiger partial charge in [0.05, 0.1) is 36.9 Å². The van der Waals surface area contributed by atoms with E-state index in [4.69, 9.17) is 18.9 Å². The summed E-state index contributed by atoms with van der Waals surface area (Å²) in [4.78, 5) is 13.5. The average Bonchev–Trinajstić information content (AvgIpc) is 3.54. The highest BCUT2D eigenvalue weighted by molar-refractivity contribution is 7.89. The maximum absolute atomic E-state index is 13.7. The second-order valence-corrected chi connectivity index (χ2v) is 14.4. The Balaban J connectivity index is 1.32. The van der Waals surface area contributed by atoms with Crippen LogP contribution in [0.4, 0.5) is 4.79 Å². The minimum Gasteiger partial charge on any atom is -0.497 e. The van der Waals surface area contributed by atoms with Crippen LogP contribution in [0.5, 0.6) is 5.75 Å². The molecule has 3 fully saturated rings. The maximum atomic E-state index is 13.7. The molecule has 8 atom stereocenters. The number of hydrogen-bond donors (Lipinski definition) is 2. The second-order valence-electron chi connectivity index (χ2n) is 12.5. The van der Waals surface area contributed by atoms with E-state index in [1.54, 1.807) is 12.1 Å². The number of rotatable bonds is 12. The number of aliphatic hydroxyl groups excluding tert-OH is 1. The Morgan fingerprint density at radius 2 is 1.81 bits per heavy atom. The smallest absolute Gasteiger partial charge is 0.407 e. The van der Waals surface area contributed by atoms with Crippen LogP contribution in [-0.4, -0.2) is 81.4 Å². The molecule has 3 aliphatic rings. The molecule has 236 valence electrons. The van der Waals surface area contributed by atoms with Crippen LogP contribution < -0.4 is 10.1 Å². The maximum Gasteiger partial charge on any atom is 0.407 e. The van der Waals surface area contributed by atoms with Crippen molar-refractivity contribution >= 4 is 16.1 Å². The van der Waals surface area contributed by atoms with Crippen molar-refractivity contribution < 1.29 is 37.3 Å². The molecule has 1 unspecified atom stereocenters. The van der Waals surface area contributed by atoms with E-state index in [1.165, 1.54) is 23.5 Å². The fourth-order valence-corrected chi connectivity index (χ4v) is 8.41. The van der Waals surface area contributed by atoms with E-state index in [0.717, 1.165) is 12.0 Å². The van der Waals surface area contributed by atoms with Gasteiger partial charge in [-0.3, -0.25) is 0 Å². The van der Waals surface area contributed by atoms with Crippen molar-refractivity contribution in [3.63, 3.8) is 0 Å². The fourth-order valence-electron chi connectivity index (χ4n) is 6.79. The molecule has 2 aliphatic heterocycles. The van der Waals surface area contributed by atoms with Crippen molar-refractivity contribution in [1.29, 1.82) is 0 Å². The Bertz CT molecular complexity index is 1320. The molecule has 2 heterocycles. The molecule has 1 aliphatic carbocycles. The number of nitrogens with one attached hydrogen (secondary N) is 1. The van der Waals surface area contributed by atoms with Gasteiger partial charge in [-0.05, 0) is 67.9 Å². The highest BCUT2D eigenvalue weighted by Gasteiger charge is 2.56. The van der Waals surface area contributed by atoms with Crippen molar-refractivity contribution in [3.8, 4) is 5.75 Å². The van der Waals surface area contributed by atoms with Gasteiger partial charge in [0.15, 0.2) is 6.29 Å². The Kier molecular flexibility index (Phi) is 9.97. The number of aliphatic hydroxyl groups is 1. The summed E-state index contributed by atoms with van der Waals surface area (Å²) in [6, 6.07) is 14.9. The minimum absolute atomic E-state index is 0.00205. The summed E-state index contributed by atoms with van der Waals surface area (Å²) in [6.45, 7) is 6.45. The van der Waals surface area contributed by atoms with Crippen LogP contribution in [0.25, 0.3) is 0 Å². The average molecular weight is 617 g/mol. The van der Waals surface area contributed by atoms with Crippen molar-refractivity contribution in [1.82, 2.24) is 9.62 Å². The Hall–Kier alpha value is -2.70. The van der Waals surface area contributed by atoms with Crippen molar-refractivity contribution in [2.24, 2.45) is 23.7 Å². The lowest BCUT2D eigenvalue weighted by molar-refractivity contribution is -0.201. The van der Waals surface area contributed by atoms with Crippen molar-refractivity contribution in [3.05, 3.63) is 60.2 Å². The number of benzene rings is 2. The first-order valence-corrected chi connectivity index (χ1v) is 16.6. The van der Waals surface area contributed by atoms with E-state index in [2.05, 4.69) is 5.32 Å². The molecular weight excluding hydrogens is 572 g/mol. The first-order chi connectivity index (χ1) is 20.5. The number of sulfonamides is 1. The predicted molar refractivity (Wildman–Crippen MR) is 160 cm³/mol. The van der Waals surface area contributed by atoms with Crippen LogP contribution in [0.1, 0.15) is 39.2 Å². The number of alkyl carbamates (subject to hydrolysis) is 1. The summed E-state index contributed by atoms with van der Waals surface area (Å²) in [5, 5.41) is 14.4. The third-order valence-corrected chi connectivity index (χ3v) is 10.6. The number of carbonyl (C=O) groups is 1. The summed E-state index contributed by atoms with van der Waals surface area (Å²) < 4.78 is 51.7. The van der Waals surface area contributed by atoms with E-state index >= 15 is 0 Å². The summed E-state index contributed by atoms with van der Waals surface area (Å²) >= 11 is 0. The van der Waals surface area contributed by atoms with Gasteiger partial charge in [0.25, 0.3) is 0 Å². The molecule has 0 radical (unpaired) electrons. The van der Waals surface area contributed by atoms with E-state index in [0.29, 0.717) is 31.1 Å². The van der Waals surface area contributed by atoms with Gasteiger partial charge in [-0.15, -0.1) is 0 Å². The number of hydrogen-bond acceptors (Lipinski definition) is 8. The molecule has 2 saturated heterocycles. The normalized spacial score (nSPS) is 28.0. The summed E-state index contributed by atoms with van der Waals surface area (Å²) in [5.74, 6) is 1.21. The standard InChI is InChI=1S/C32H44N2O8S/c1-20(2)17-34(43(37,38)25-12-10-24(39-4)11-13-25)18-28(35)27(15-22-8-6-5-7-9-22)33-32(36)42-29-16-23-19-40-31-30(23)26(29)14-21(3)41-31/h5-13,20-21,23,26-31,35H,14-19H2,1-4H3,(H,33,36)/t21-,23+,26+,27+,28-,29+,30?,31+/m1/s1. The highest BCUT2D eigenvalue weighted by Crippen LogP contribution is 2.51. The quantitative estimate of drug-likeness (QED) is 0.369. The molecule has 2 aromatic rings. The van der Waals surface area contributed by atoms with Crippen LogP contribution in [0, 0.1) is 23.7 Å². The predicted octanol–water partition coefficient (Wildman–Crippen LogP) is 3.83. The molecule has 11 heteroatoms. The van der Waals surface area contributed by atoms with Gasteiger partial charge in [-0.25, -0.2) is 13.2 Å². The SMILES string of the molecule is COc1ccc(S(=O)(=O)N(CC(C)C)C[C@@H](O)[C@H](Cc2ccccc2)NC(=O)O[C@H]2C[C@H]3CO[C@H]4O[C@H](C)C[C@@H]2C34)cc1. The summed E-state index contributed by atoms with van der Waals surface area (Å²) in [5.41, 5.74) is 0.897. The lowest BCUT2D eigenvalue weighted by atomic mass is 9.84. The second kappa shape index (κ2) is 13.5. The zero-order valence-electron chi connectivity index (χ0n) is 25.3. The van der Waals surface area contributed by atoms with Gasteiger partial charge in [-0.1, -0.05) is 44.2 Å². The summed E-state index contributed by atoms with van der Waals surface area (Å²) in [6.07, 6.45) is -0.512. The monoisotopic (exact) mass is 616 g/mol. The number of amides is 1. The first kappa shape index (κ1) is 31.7. The molecule has 1 amide bonds. The Labute approximate surface area is 254 Å².